The fourth-order valence-electron chi connectivity index (χ4n) is 2.16. The summed E-state index contributed by atoms with van der Waals surface area (Å²) < 4.78 is 1.68. The van der Waals surface area contributed by atoms with E-state index in [-0.39, 0.29) is 11.8 Å². The van der Waals surface area contributed by atoms with Crippen LogP contribution in [0.3, 0.4) is 0 Å². The lowest BCUT2D eigenvalue weighted by molar-refractivity contribution is -0.115. The summed E-state index contributed by atoms with van der Waals surface area (Å²) in [6.45, 7) is 0. The minimum atomic E-state index is -0.212. The van der Waals surface area contributed by atoms with Gasteiger partial charge in [0, 0.05) is 20.2 Å². The topological polar surface area (TPSA) is 58.2 Å². The molecule has 0 saturated carbocycles. The van der Waals surface area contributed by atoms with Gasteiger partial charge >= 0.3 is 0 Å². The van der Waals surface area contributed by atoms with Crippen LogP contribution in [0.1, 0.15) is 15.9 Å². The summed E-state index contributed by atoms with van der Waals surface area (Å²) in [7, 11) is 0. The number of carbonyl (C=O) groups is 2. The van der Waals surface area contributed by atoms with Crippen molar-refractivity contribution in [3.63, 3.8) is 0 Å². The zero-order valence-electron chi connectivity index (χ0n) is 10.7. The Labute approximate surface area is 138 Å². The van der Waals surface area contributed by atoms with Gasteiger partial charge in [0.15, 0.2) is 0 Å². The van der Waals surface area contributed by atoms with E-state index in [1.165, 1.54) is 0 Å². The van der Waals surface area contributed by atoms with Crippen molar-refractivity contribution >= 4 is 55.0 Å². The van der Waals surface area contributed by atoms with Gasteiger partial charge in [-0.25, -0.2) is 0 Å². The van der Waals surface area contributed by atoms with Gasteiger partial charge in [0.1, 0.15) is 0 Å². The van der Waals surface area contributed by atoms with Crippen LogP contribution in [0.15, 0.2) is 45.3 Å². The maximum absolute atomic E-state index is 12.3. The van der Waals surface area contributed by atoms with Crippen molar-refractivity contribution in [3.05, 3.63) is 56.5 Å². The predicted molar refractivity (Wildman–Crippen MR) is 88.6 cm³/mol. The molecule has 0 radical (unpaired) electrons. The second kappa shape index (κ2) is 5.61. The third-order valence-electron chi connectivity index (χ3n) is 3.17. The summed E-state index contributed by atoms with van der Waals surface area (Å²) in [5, 5.41) is 5.59. The van der Waals surface area contributed by atoms with Gasteiger partial charge in [-0.3, -0.25) is 9.59 Å². The van der Waals surface area contributed by atoms with Gasteiger partial charge in [-0.2, -0.15) is 0 Å². The summed E-state index contributed by atoms with van der Waals surface area (Å²) in [6.07, 6.45) is 0.317. The summed E-state index contributed by atoms with van der Waals surface area (Å²) in [4.78, 5) is 23.6. The van der Waals surface area contributed by atoms with Crippen LogP contribution in [-0.4, -0.2) is 11.8 Å². The summed E-state index contributed by atoms with van der Waals surface area (Å²) in [6, 6.07) is 10.8. The zero-order valence-corrected chi connectivity index (χ0v) is 13.9. The fourth-order valence-corrected chi connectivity index (χ4v) is 2.87. The van der Waals surface area contributed by atoms with Crippen molar-refractivity contribution in [2.45, 2.75) is 6.42 Å². The van der Waals surface area contributed by atoms with E-state index in [0.29, 0.717) is 17.7 Å². The van der Waals surface area contributed by atoms with Crippen molar-refractivity contribution in [3.8, 4) is 0 Å². The standard InChI is InChI=1S/C15H10Br2N2O2/c16-10-2-3-11(17)13(7-10)19-15(21)8-1-4-12-9(5-8)6-14(20)18-12/h1-5,7H,6H2,(H,18,20)(H,19,21). The van der Waals surface area contributed by atoms with Gasteiger partial charge in [0.2, 0.25) is 5.91 Å². The molecule has 2 N–H and O–H groups in total. The zero-order chi connectivity index (χ0) is 15.0. The third kappa shape index (κ3) is 3.01. The quantitative estimate of drug-likeness (QED) is 0.788. The van der Waals surface area contributed by atoms with Gasteiger partial charge in [-0.05, 0) is 57.9 Å². The number of hydrogen-bond acceptors (Lipinski definition) is 2. The molecular weight excluding hydrogens is 400 g/mol. The van der Waals surface area contributed by atoms with Crippen molar-refractivity contribution in [1.82, 2.24) is 0 Å². The lowest BCUT2D eigenvalue weighted by Gasteiger charge is -2.09. The monoisotopic (exact) mass is 408 g/mol. The van der Waals surface area contributed by atoms with Gasteiger partial charge in [-0.1, -0.05) is 15.9 Å². The highest BCUT2D eigenvalue weighted by Crippen LogP contribution is 2.28. The van der Waals surface area contributed by atoms with Crippen LogP contribution in [-0.2, 0) is 11.2 Å². The maximum atomic E-state index is 12.3. The van der Waals surface area contributed by atoms with Crippen molar-refractivity contribution < 1.29 is 9.59 Å². The van der Waals surface area contributed by atoms with Crippen LogP contribution in [0.25, 0.3) is 0 Å². The predicted octanol–water partition coefficient (Wildman–Crippen LogP) is 3.96. The van der Waals surface area contributed by atoms with E-state index in [2.05, 4.69) is 42.5 Å². The van der Waals surface area contributed by atoms with Crippen LogP contribution in [0.4, 0.5) is 11.4 Å². The van der Waals surface area contributed by atoms with Crippen LogP contribution in [0.2, 0.25) is 0 Å². The molecule has 0 spiro atoms. The van der Waals surface area contributed by atoms with Crippen molar-refractivity contribution in [2.75, 3.05) is 10.6 Å². The molecule has 0 saturated heterocycles. The van der Waals surface area contributed by atoms with Gasteiger partial charge < -0.3 is 10.6 Å². The first kappa shape index (κ1) is 14.3. The summed E-state index contributed by atoms with van der Waals surface area (Å²) >= 11 is 6.77. The summed E-state index contributed by atoms with van der Waals surface area (Å²) in [5.41, 5.74) is 2.84. The van der Waals surface area contributed by atoms with E-state index < -0.39 is 0 Å². The van der Waals surface area contributed by atoms with Crippen LogP contribution >= 0.6 is 31.9 Å². The number of hydrogen-bond donors (Lipinski definition) is 2. The molecule has 1 aliphatic heterocycles. The highest BCUT2D eigenvalue weighted by molar-refractivity contribution is 9.11. The maximum Gasteiger partial charge on any atom is 0.255 e. The molecule has 2 aromatic carbocycles. The molecule has 21 heavy (non-hydrogen) atoms. The first-order chi connectivity index (χ1) is 10.0. The van der Waals surface area contributed by atoms with E-state index in [1.807, 2.05) is 18.2 Å². The fraction of sp³-hybridized carbons (Fsp3) is 0.0667. The number of anilines is 2. The minimum Gasteiger partial charge on any atom is -0.326 e. The third-order valence-corrected chi connectivity index (χ3v) is 4.35. The number of halogens is 2. The van der Waals surface area contributed by atoms with Crippen molar-refractivity contribution in [1.29, 1.82) is 0 Å². The average Bonchev–Trinajstić information content (AvgIpc) is 2.81. The highest BCUT2D eigenvalue weighted by atomic mass is 79.9. The molecule has 6 heteroatoms. The lowest BCUT2D eigenvalue weighted by atomic mass is 10.1. The SMILES string of the molecule is O=C1Cc2cc(C(=O)Nc3cc(Br)ccc3Br)ccc2N1. The number of benzene rings is 2. The van der Waals surface area contributed by atoms with Gasteiger partial charge in [0.05, 0.1) is 12.1 Å². The molecule has 0 atom stereocenters. The first-order valence-corrected chi connectivity index (χ1v) is 7.81. The van der Waals surface area contributed by atoms with E-state index in [1.54, 1.807) is 18.2 Å². The summed E-state index contributed by atoms with van der Waals surface area (Å²) in [5.74, 6) is -0.256. The molecular formula is C15H10Br2N2O2. The number of carbonyl (C=O) groups excluding carboxylic acids is 2. The molecule has 0 bridgehead atoms. The molecule has 4 nitrogen and oxygen atoms in total. The van der Waals surface area contributed by atoms with Crippen molar-refractivity contribution in [2.24, 2.45) is 0 Å². The largest absolute Gasteiger partial charge is 0.326 e. The Bertz CT molecular complexity index is 759. The van der Waals surface area contributed by atoms with Crippen LogP contribution < -0.4 is 10.6 Å². The number of rotatable bonds is 2. The first-order valence-electron chi connectivity index (χ1n) is 6.22. The second-order valence-electron chi connectivity index (χ2n) is 4.68. The molecule has 106 valence electrons. The Hall–Kier alpha value is -1.66. The Kier molecular flexibility index (Phi) is 3.82. The van der Waals surface area contributed by atoms with Gasteiger partial charge in [0.25, 0.3) is 5.91 Å². The van der Waals surface area contributed by atoms with Crippen LogP contribution in [0.5, 0.6) is 0 Å². The normalized spacial score (nSPS) is 12.8. The molecule has 0 aliphatic carbocycles. The van der Waals surface area contributed by atoms with E-state index in [9.17, 15) is 9.59 Å². The highest BCUT2D eigenvalue weighted by Gasteiger charge is 2.19. The Morgan fingerprint density at radius 1 is 1.14 bits per heavy atom. The second-order valence-corrected chi connectivity index (χ2v) is 6.45. The number of nitrogens with one attached hydrogen (secondary N) is 2. The average molecular weight is 410 g/mol. The number of fused-ring (bicyclic) bond motifs is 1. The molecule has 2 aromatic rings. The Balaban J connectivity index is 1.85. The molecule has 1 aliphatic rings. The molecule has 0 unspecified atom stereocenters. The van der Waals surface area contributed by atoms with Crippen LogP contribution in [0, 0.1) is 0 Å². The lowest BCUT2D eigenvalue weighted by Crippen LogP contribution is -2.12. The van der Waals surface area contributed by atoms with E-state index in [0.717, 1.165) is 20.2 Å². The Morgan fingerprint density at radius 2 is 1.95 bits per heavy atom. The number of amides is 2. The minimum absolute atomic E-state index is 0.0442. The molecule has 0 aromatic heterocycles. The molecule has 1 heterocycles. The Morgan fingerprint density at radius 3 is 2.76 bits per heavy atom. The van der Waals surface area contributed by atoms with E-state index >= 15 is 0 Å². The molecule has 2 amide bonds. The smallest absolute Gasteiger partial charge is 0.255 e. The molecule has 3 rings (SSSR count). The molecule has 0 fully saturated rings. The van der Waals surface area contributed by atoms with Gasteiger partial charge in [-0.15, -0.1) is 0 Å². The van der Waals surface area contributed by atoms with E-state index in [4.69, 9.17) is 0 Å².